The van der Waals surface area contributed by atoms with E-state index >= 15 is 0 Å². The quantitative estimate of drug-likeness (QED) is 0.467. The van der Waals surface area contributed by atoms with E-state index in [0.29, 0.717) is 25.4 Å². The molecule has 0 aliphatic carbocycles. The molecule has 1 N–H and O–H groups in total. The standard InChI is InChI=1S/C26H34N4O3/c1-5-6-14-29(26(32)27-22-12-11-20(2)21(3)16-22)19-25(31)30(18-24-10-8-15-33-24)17-23-9-7-13-28(23)4/h7-13,15-16H,5-6,14,17-19H2,1-4H3,(H,27,32). The van der Waals surface area contributed by atoms with Crippen LogP contribution in [0, 0.1) is 13.8 Å². The summed E-state index contributed by atoms with van der Waals surface area (Å²) < 4.78 is 7.48. The molecule has 2 heterocycles. The Morgan fingerprint density at radius 3 is 2.48 bits per heavy atom. The minimum Gasteiger partial charge on any atom is -0.467 e. The second-order valence-electron chi connectivity index (χ2n) is 8.44. The third-order valence-corrected chi connectivity index (χ3v) is 5.84. The summed E-state index contributed by atoms with van der Waals surface area (Å²) in [5, 5.41) is 2.96. The van der Waals surface area contributed by atoms with Gasteiger partial charge in [0.1, 0.15) is 12.3 Å². The van der Waals surface area contributed by atoms with Crippen molar-refractivity contribution in [2.24, 2.45) is 7.05 Å². The van der Waals surface area contributed by atoms with Crippen LogP contribution in [0.2, 0.25) is 0 Å². The highest BCUT2D eigenvalue weighted by molar-refractivity contribution is 5.92. The van der Waals surface area contributed by atoms with Crippen LogP contribution in [-0.2, 0) is 24.9 Å². The number of anilines is 1. The van der Waals surface area contributed by atoms with Crippen molar-refractivity contribution in [2.45, 2.75) is 46.7 Å². The van der Waals surface area contributed by atoms with E-state index in [1.54, 1.807) is 16.1 Å². The molecule has 0 aliphatic heterocycles. The van der Waals surface area contributed by atoms with Crippen LogP contribution < -0.4 is 5.32 Å². The summed E-state index contributed by atoms with van der Waals surface area (Å²) in [6.45, 7) is 7.41. The minimum atomic E-state index is -0.267. The van der Waals surface area contributed by atoms with Crippen LogP contribution in [0.4, 0.5) is 10.5 Å². The highest BCUT2D eigenvalue weighted by Crippen LogP contribution is 2.16. The van der Waals surface area contributed by atoms with Crippen LogP contribution in [-0.4, -0.2) is 39.4 Å². The Morgan fingerprint density at radius 1 is 1.03 bits per heavy atom. The molecule has 0 atom stereocenters. The highest BCUT2D eigenvalue weighted by atomic mass is 16.3. The minimum absolute atomic E-state index is 0.00179. The smallest absolute Gasteiger partial charge is 0.322 e. The first-order chi connectivity index (χ1) is 15.9. The zero-order valence-corrected chi connectivity index (χ0v) is 20.0. The first kappa shape index (κ1) is 24.2. The van der Waals surface area contributed by atoms with Crippen molar-refractivity contribution in [3.05, 3.63) is 77.5 Å². The van der Waals surface area contributed by atoms with Crippen LogP contribution in [0.5, 0.6) is 0 Å². The molecule has 0 radical (unpaired) electrons. The number of aryl methyl sites for hydroxylation is 3. The molecule has 0 spiro atoms. The molecule has 0 fully saturated rings. The lowest BCUT2D eigenvalue weighted by Gasteiger charge is -2.27. The number of benzene rings is 1. The number of carbonyl (C=O) groups excluding carboxylic acids is 2. The van der Waals surface area contributed by atoms with Gasteiger partial charge in [-0.3, -0.25) is 4.79 Å². The van der Waals surface area contributed by atoms with Gasteiger partial charge in [0.05, 0.1) is 19.4 Å². The summed E-state index contributed by atoms with van der Waals surface area (Å²) in [6.07, 6.45) is 5.31. The maximum atomic E-state index is 13.4. The molecule has 3 amide bonds. The number of furan rings is 1. The van der Waals surface area contributed by atoms with E-state index < -0.39 is 0 Å². The molecule has 7 heteroatoms. The molecule has 2 aromatic heterocycles. The third kappa shape index (κ3) is 6.75. The van der Waals surface area contributed by atoms with Crippen LogP contribution >= 0.6 is 0 Å². The van der Waals surface area contributed by atoms with Gasteiger partial charge in [0.25, 0.3) is 0 Å². The topological polar surface area (TPSA) is 70.7 Å². The molecule has 1 aromatic carbocycles. The van der Waals surface area contributed by atoms with E-state index in [1.807, 2.05) is 74.1 Å². The molecule has 3 aromatic rings. The van der Waals surface area contributed by atoms with E-state index in [9.17, 15) is 9.59 Å². The summed E-state index contributed by atoms with van der Waals surface area (Å²) >= 11 is 0. The molecule has 3 rings (SSSR count). The van der Waals surface area contributed by atoms with Gasteiger partial charge in [-0.25, -0.2) is 4.79 Å². The van der Waals surface area contributed by atoms with Crippen molar-refractivity contribution < 1.29 is 14.0 Å². The summed E-state index contributed by atoms with van der Waals surface area (Å²) in [6, 6.07) is 13.2. The summed E-state index contributed by atoms with van der Waals surface area (Å²) in [5.41, 5.74) is 4.01. The van der Waals surface area contributed by atoms with Crippen LogP contribution in [0.25, 0.3) is 0 Å². The second-order valence-corrected chi connectivity index (χ2v) is 8.44. The largest absolute Gasteiger partial charge is 0.467 e. The van der Waals surface area contributed by atoms with E-state index in [-0.39, 0.29) is 18.5 Å². The maximum Gasteiger partial charge on any atom is 0.322 e. The monoisotopic (exact) mass is 450 g/mol. The number of rotatable bonds is 10. The van der Waals surface area contributed by atoms with Crippen molar-refractivity contribution >= 4 is 17.6 Å². The number of amides is 3. The van der Waals surface area contributed by atoms with E-state index in [2.05, 4.69) is 12.2 Å². The lowest BCUT2D eigenvalue weighted by Crippen LogP contribution is -2.44. The van der Waals surface area contributed by atoms with Crippen molar-refractivity contribution in [2.75, 3.05) is 18.4 Å². The first-order valence-corrected chi connectivity index (χ1v) is 11.4. The number of aromatic nitrogens is 1. The van der Waals surface area contributed by atoms with E-state index in [4.69, 9.17) is 4.42 Å². The molecule has 0 bridgehead atoms. The molecule has 7 nitrogen and oxygen atoms in total. The molecule has 0 saturated carbocycles. The lowest BCUT2D eigenvalue weighted by molar-refractivity contribution is -0.133. The molecule has 0 saturated heterocycles. The fourth-order valence-electron chi connectivity index (χ4n) is 3.57. The molecule has 33 heavy (non-hydrogen) atoms. The number of unbranched alkanes of at least 4 members (excludes halogenated alkanes) is 1. The number of nitrogens with zero attached hydrogens (tertiary/aromatic N) is 3. The summed E-state index contributed by atoms with van der Waals surface area (Å²) in [5.74, 6) is 0.580. The fourth-order valence-corrected chi connectivity index (χ4v) is 3.57. The van der Waals surface area contributed by atoms with Crippen LogP contribution in [0.1, 0.15) is 42.3 Å². The van der Waals surface area contributed by atoms with Gasteiger partial charge in [0.2, 0.25) is 5.91 Å². The number of carbonyl (C=O) groups is 2. The summed E-state index contributed by atoms with van der Waals surface area (Å²) in [4.78, 5) is 29.8. The van der Waals surface area contributed by atoms with Crippen molar-refractivity contribution in [3.8, 4) is 0 Å². The SMILES string of the molecule is CCCCN(CC(=O)N(Cc1ccco1)Cc1cccn1C)C(=O)Nc1ccc(C)c(C)c1. The van der Waals surface area contributed by atoms with Crippen LogP contribution in [0.15, 0.2) is 59.3 Å². The van der Waals surface area contributed by atoms with Gasteiger partial charge < -0.3 is 24.1 Å². The van der Waals surface area contributed by atoms with Gasteiger partial charge in [0, 0.05) is 31.2 Å². The Morgan fingerprint density at radius 2 is 1.85 bits per heavy atom. The molecule has 0 unspecified atom stereocenters. The normalized spacial score (nSPS) is 10.8. The summed E-state index contributed by atoms with van der Waals surface area (Å²) in [7, 11) is 1.95. The Hall–Kier alpha value is -3.48. The van der Waals surface area contributed by atoms with E-state index in [1.165, 1.54) is 5.56 Å². The fraction of sp³-hybridized carbons (Fsp3) is 0.385. The number of hydrogen-bond donors (Lipinski definition) is 1. The Bertz CT molecular complexity index is 1060. The zero-order chi connectivity index (χ0) is 23.8. The molecular formula is C26H34N4O3. The molecule has 0 aliphatic rings. The maximum absolute atomic E-state index is 13.4. The van der Waals surface area contributed by atoms with Gasteiger partial charge in [-0.1, -0.05) is 19.4 Å². The van der Waals surface area contributed by atoms with Gasteiger partial charge in [-0.2, -0.15) is 0 Å². The van der Waals surface area contributed by atoms with Crippen LogP contribution in [0.3, 0.4) is 0 Å². The molecular weight excluding hydrogens is 416 g/mol. The van der Waals surface area contributed by atoms with Crippen molar-refractivity contribution in [3.63, 3.8) is 0 Å². The van der Waals surface area contributed by atoms with Gasteiger partial charge in [-0.05, 0) is 67.8 Å². The van der Waals surface area contributed by atoms with Gasteiger partial charge >= 0.3 is 6.03 Å². The third-order valence-electron chi connectivity index (χ3n) is 5.84. The van der Waals surface area contributed by atoms with Crippen molar-refractivity contribution in [1.82, 2.24) is 14.4 Å². The predicted octanol–water partition coefficient (Wildman–Crippen LogP) is 5.10. The predicted molar refractivity (Wildman–Crippen MR) is 130 cm³/mol. The highest BCUT2D eigenvalue weighted by Gasteiger charge is 2.23. The second kappa shape index (κ2) is 11.4. The first-order valence-electron chi connectivity index (χ1n) is 11.4. The van der Waals surface area contributed by atoms with Gasteiger partial charge in [-0.15, -0.1) is 0 Å². The zero-order valence-electron chi connectivity index (χ0n) is 20.0. The Labute approximate surface area is 196 Å². The molecule has 176 valence electrons. The van der Waals surface area contributed by atoms with Crippen molar-refractivity contribution in [1.29, 1.82) is 0 Å². The van der Waals surface area contributed by atoms with Gasteiger partial charge in [0.15, 0.2) is 0 Å². The average molecular weight is 451 g/mol. The Balaban J connectivity index is 1.74. The average Bonchev–Trinajstić information content (AvgIpc) is 3.45. The number of hydrogen-bond acceptors (Lipinski definition) is 3. The van der Waals surface area contributed by atoms with E-state index in [0.717, 1.165) is 29.8 Å². The number of nitrogens with one attached hydrogen (secondary N) is 1. The number of urea groups is 1. The Kier molecular flexibility index (Phi) is 8.35. The lowest BCUT2D eigenvalue weighted by atomic mass is 10.1.